The van der Waals surface area contributed by atoms with Gasteiger partial charge in [0, 0.05) is 12.2 Å². The van der Waals surface area contributed by atoms with E-state index in [-0.39, 0.29) is 23.1 Å². The van der Waals surface area contributed by atoms with Gasteiger partial charge < -0.3 is 10.1 Å². The minimum Gasteiger partial charge on any atom is -0.438 e. The molecule has 4 rings (SSSR count). The lowest BCUT2D eigenvalue weighted by atomic mass is 10.1. The van der Waals surface area contributed by atoms with Crippen LogP contribution in [0.15, 0.2) is 59.0 Å². The van der Waals surface area contributed by atoms with E-state index in [1.54, 1.807) is 30.5 Å². The normalized spacial score (nSPS) is 14.4. The van der Waals surface area contributed by atoms with Gasteiger partial charge in [0.25, 0.3) is 11.5 Å². The number of benzene rings is 1. The zero-order valence-electron chi connectivity index (χ0n) is 17.2. The van der Waals surface area contributed by atoms with Crippen molar-refractivity contribution >= 4 is 17.6 Å². The summed E-state index contributed by atoms with van der Waals surface area (Å²) in [4.78, 5) is 30.3. The van der Waals surface area contributed by atoms with Crippen LogP contribution in [0.5, 0.6) is 11.6 Å². The maximum Gasteiger partial charge on any atom is 0.269 e. The number of rotatable bonds is 5. The molecule has 1 aliphatic rings. The molecule has 1 amide bonds. The van der Waals surface area contributed by atoms with Crippen molar-refractivity contribution in [2.75, 3.05) is 0 Å². The highest BCUT2D eigenvalue weighted by Crippen LogP contribution is 2.25. The number of nitrogens with zero attached hydrogens (tertiary/aromatic N) is 3. The molecule has 1 saturated carbocycles. The maximum absolute atomic E-state index is 13.2. The van der Waals surface area contributed by atoms with Crippen molar-refractivity contribution in [3.63, 3.8) is 0 Å². The number of amides is 1. The van der Waals surface area contributed by atoms with E-state index in [9.17, 15) is 14.9 Å². The average Bonchev–Trinajstić information content (AvgIpc) is 3.27. The number of aryl methyl sites for hydroxylation is 1. The number of nitrogens with one attached hydrogen (secondary N) is 1. The van der Waals surface area contributed by atoms with E-state index in [0.717, 1.165) is 31.2 Å². The third-order valence-electron chi connectivity index (χ3n) is 5.28. The number of carbonyl (C=O) groups is 1. The second-order valence-electron chi connectivity index (χ2n) is 7.61. The summed E-state index contributed by atoms with van der Waals surface area (Å²) < 4.78 is 7.29. The van der Waals surface area contributed by atoms with E-state index in [2.05, 4.69) is 10.3 Å². The molecule has 0 aliphatic heterocycles. The van der Waals surface area contributed by atoms with Crippen molar-refractivity contribution in [3.05, 3.63) is 75.7 Å². The number of hydrogen-bond acceptors (Lipinski definition) is 5. The number of carbonyl (C=O) groups excluding carboxylic acids is 1. The van der Waals surface area contributed by atoms with Crippen LogP contribution in [-0.4, -0.2) is 21.3 Å². The smallest absolute Gasteiger partial charge is 0.269 e. The van der Waals surface area contributed by atoms with E-state index in [4.69, 9.17) is 4.74 Å². The molecular formula is C24H22N4O3. The predicted octanol–water partition coefficient (Wildman–Crippen LogP) is 3.76. The fourth-order valence-corrected chi connectivity index (χ4v) is 3.70. The summed E-state index contributed by atoms with van der Waals surface area (Å²) >= 11 is 0. The minimum atomic E-state index is -0.492. The van der Waals surface area contributed by atoms with Gasteiger partial charge in [0.05, 0.1) is 0 Å². The van der Waals surface area contributed by atoms with Crippen LogP contribution in [0.4, 0.5) is 0 Å². The van der Waals surface area contributed by atoms with Crippen molar-refractivity contribution in [2.45, 2.75) is 38.6 Å². The fraction of sp³-hybridized carbons (Fsp3) is 0.250. The summed E-state index contributed by atoms with van der Waals surface area (Å²) in [5, 5.41) is 12.5. The Morgan fingerprint density at radius 1 is 1.26 bits per heavy atom. The Hall–Kier alpha value is -3.92. The van der Waals surface area contributed by atoms with E-state index >= 15 is 0 Å². The Bertz CT molecular complexity index is 1260. The predicted molar refractivity (Wildman–Crippen MR) is 117 cm³/mol. The molecule has 1 aromatic carbocycles. The first-order valence-electron chi connectivity index (χ1n) is 10.2. The molecule has 0 spiro atoms. The summed E-state index contributed by atoms with van der Waals surface area (Å²) in [5.41, 5.74) is 0.857. The van der Waals surface area contributed by atoms with Crippen LogP contribution in [-0.2, 0) is 4.79 Å². The molecule has 7 nitrogen and oxygen atoms in total. The van der Waals surface area contributed by atoms with Gasteiger partial charge in [-0.2, -0.15) is 10.2 Å². The molecule has 1 N–H and O–H groups in total. The molecule has 0 unspecified atom stereocenters. The lowest BCUT2D eigenvalue weighted by molar-refractivity contribution is -0.117. The summed E-state index contributed by atoms with van der Waals surface area (Å²) in [6.07, 6.45) is 6.76. The average molecular weight is 414 g/mol. The van der Waals surface area contributed by atoms with Crippen molar-refractivity contribution in [1.29, 1.82) is 5.26 Å². The standard InChI is InChI=1S/C24H22N4O3/c1-16-7-6-10-19(13-16)31-23-20(24(30)28-12-5-4-11-21(28)27-23)14-17(15-25)22(29)26-18-8-2-3-9-18/h4-7,10-14,18H,2-3,8-9H2,1H3,(H,26,29)/b17-14+. The van der Waals surface area contributed by atoms with E-state index in [1.807, 2.05) is 31.2 Å². The van der Waals surface area contributed by atoms with Crippen molar-refractivity contribution < 1.29 is 9.53 Å². The number of aromatic nitrogens is 2. The van der Waals surface area contributed by atoms with Crippen LogP contribution in [0.1, 0.15) is 36.8 Å². The Balaban J connectivity index is 1.79. The number of nitriles is 1. The van der Waals surface area contributed by atoms with Gasteiger partial charge in [-0.1, -0.05) is 31.0 Å². The van der Waals surface area contributed by atoms with Gasteiger partial charge in [-0.05, 0) is 55.7 Å². The Labute approximate surface area is 179 Å². The highest BCUT2D eigenvalue weighted by molar-refractivity contribution is 6.02. The van der Waals surface area contributed by atoms with E-state index in [0.29, 0.717) is 11.4 Å². The summed E-state index contributed by atoms with van der Waals surface area (Å²) in [5.74, 6) is 0.0624. The highest BCUT2D eigenvalue weighted by Gasteiger charge is 2.21. The quantitative estimate of drug-likeness (QED) is 0.506. The largest absolute Gasteiger partial charge is 0.438 e. The molecule has 0 bridgehead atoms. The topological polar surface area (TPSA) is 96.5 Å². The van der Waals surface area contributed by atoms with Crippen molar-refractivity contribution in [1.82, 2.24) is 14.7 Å². The third-order valence-corrected chi connectivity index (χ3v) is 5.28. The first kappa shape index (κ1) is 20.4. The summed E-state index contributed by atoms with van der Waals surface area (Å²) in [6.45, 7) is 1.93. The molecule has 3 aromatic rings. The maximum atomic E-state index is 13.2. The minimum absolute atomic E-state index is 0.0446. The van der Waals surface area contributed by atoms with Crippen LogP contribution in [0.25, 0.3) is 11.7 Å². The molecule has 2 aromatic heterocycles. The van der Waals surface area contributed by atoms with E-state index < -0.39 is 11.5 Å². The zero-order chi connectivity index (χ0) is 21.8. The van der Waals surface area contributed by atoms with Crippen LogP contribution in [0, 0.1) is 18.3 Å². The lowest BCUT2D eigenvalue weighted by Gasteiger charge is -2.12. The van der Waals surface area contributed by atoms with Crippen molar-refractivity contribution in [2.24, 2.45) is 0 Å². The number of pyridine rings is 1. The number of ether oxygens (including phenoxy) is 1. The van der Waals surface area contributed by atoms with Gasteiger partial charge in [-0.15, -0.1) is 0 Å². The monoisotopic (exact) mass is 414 g/mol. The van der Waals surface area contributed by atoms with Gasteiger partial charge >= 0.3 is 0 Å². The summed E-state index contributed by atoms with van der Waals surface area (Å²) in [6, 6.07) is 14.5. The molecule has 0 atom stereocenters. The van der Waals surface area contributed by atoms with Gasteiger partial charge in [0.15, 0.2) is 0 Å². The Morgan fingerprint density at radius 3 is 2.81 bits per heavy atom. The second kappa shape index (κ2) is 8.84. The van der Waals surface area contributed by atoms with Gasteiger partial charge in [0.1, 0.15) is 28.6 Å². The Morgan fingerprint density at radius 2 is 2.06 bits per heavy atom. The lowest BCUT2D eigenvalue weighted by Crippen LogP contribution is -2.33. The molecule has 156 valence electrons. The molecule has 1 aliphatic carbocycles. The van der Waals surface area contributed by atoms with E-state index in [1.165, 1.54) is 10.5 Å². The highest BCUT2D eigenvalue weighted by atomic mass is 16.5. The van der Waals surface area contributed by atoms with Crippen LogP contribution >= 0.6 is 0 Å². The molecule has 1 fully saturated rings. The van der Waals surface area contributed by atoms with Gasteiger partial charge in [-0.25, -0.2) is 0 Å². The first-order valence-corrected chi connectivity index (χ1v) is 10.2. The van der Waals surface area contributed by atoms with Crippen LogP contribution < -0.4 is 15.6 Å². The molecule has 2 heterocycles. The molecule has 0 saturated heterocycles. The SMILES string of the molecule is Cc1cccc(Oc2nc3ccccn3c(=O)c2/C=C(\C#N)C(=O)NC2CCCC2)c1. The van der Waals surface area contributed by atoms with Crippen LogP contribution in [0.2, 0.25) is 0 Å². The summed E-state index contributed by atoms with van der Waals surface area (Å²) in [7, 11) is 0. The number of hydrogen-bond donors (Lipinski definition) is 1. The number of fused-ring (bicyclic) bond motifs is 1. The Kier molecular flexibility index (Phi) is 5.80. The zero-order valence-corrected chi connectivity index (χ0v) is 17.2. The third kappa shape index (κ3) is 4.48. The fourth-order valence-electron chi connectivity index (χ4n) is 3.70. The molecule has 0 radical (unpaired) electrons. The second-order valence-corrected chi connectivity index (χ2v) is 7.61. The van der Waals surface area contributed by atoms with Crippen molar-refractivity contribution in [3.8, 4) is 17.7 Å². The van der Waals surface area contributed by atoms with Crippen LogP contribution in [0.3, 0.4) is 0 Å². The first-order chi connectivity index (χ1) is 15.0. The van der Waals surface area contributed by atoms with Gasteiger partial charge in [0.2, 0.25) is 5.88 Å². The van der Waals surface area contributed by atoms with Gasteiger partial charge in [-0.3, -0.25) is 14.0 Å². The molecule has 7 heteroatoms. The molecular weight excluding hydrogens is 392 g/mol. The molecule has 31 heavy (non-hydrogen) atoms.